The molecule has 2 amide bonds. The van der Waals surface area contributed by atoms with Gasteiger partial charge in [-0.3, -0.25) is 29.5 Å². The number of hydrogen-bond donors (Lipinski definition) is 2. The van der Waals surface area contributed by atoms with Crippen LogP contribution < -0.4 is 10.6 Å². The molecule has 2 aliphatic rings. The number of anilines is 2. The lowest BCUT2D eigenvalue weighted by Crippen LogP contribution is -2.15. The molecule has 0 bridgehead atoms. The first-order valence-corrected chi connectivity index (χ1v) is 16.0. The number of nitrogens with one attached hydrogen (secondary N) is 2. The van der Waals surface area contributed by atoms with Gasteiger partial charge in [-0.1, -0.05) is 0 Å². The Labute approximate surface area is 292 Å². The largest absolute Gasteiger partial charge is 0.309 e. The topological polar surface area (TPSA) is 161 Å². The van der Waals surface area contributed by atoms with Crippen LogP contribution in [0.2, 0.25) is 0 Å². The van der Waals surface area contributed by atoms with E-state index in [2.05, 4.69) is 50.5 Å². The second kappa shape index (κ2) is 14.7. The number of nitrogens with zero attached hydrogens (tertiary/aromatic N) is 8. The number of halogens is 4. The molecular formula is C36H26F4N10O2. The van der Waals surface area contributed by atoms with Crippen molar-refractivity contribution in [1.29, 1.82) is 0 Å². The standard InChI is InChI=1S/2C18H13F2N5O/c19-12-7-22-8-13(20)15(12)17-16(10-3-5-21-6-4-10)24-14(9-23-17)25-18(26)11-1-2-11;19-12-7-22-8-13(20)15(12)17-16(11-2-1-5-21-6-11)24-14(9-23-17)25-18(26)10-3-4-10/h3-9,11H,1-2H2,(H,24,25,26);1-2,5-10H,3-4H2,(H,24,25,26). The zero-order valence-electron chi connectivity index (χ0n) is 27.0. The maximum Gasteiger partial charge on any atom is 0.228 e. The van der Waals surface area contributed by atoms with Gasteiger partial charge < -0.3 is 10.6 Å². The van der Waals surface area contributed by atoms with Gasteiger partial charge in [0.1, 0.15) is 17.1 Å². The second-order valence-corrected chi connectivity index (χ2v) is 11.9. The molecule has 0 aromatic carbocycles. The molecule has 0 atom stereocenters. The van der Waals surface area contributed by atoms with Crippen LogP contribution in [-0.2, 0) is 9.59 Å². The smallest absolute Gasteiger partial charge is 0.228 e. The van der Waals surface area contributed by atoms with Crippen molar-refractivity contribution in [3.05, 3.63) is 110 Å². The first-order valence-electron chi connectivity index (χ1n) is 16.0. The summed E-state index contributed by atoms with van der Waals surface area (Å²) in [7, 11) is 0. The Kier molecular flexibility index (Phi) is 9.60. The highest BCUT2D eigenvalue weighted by atomic mass is 19.1. The average Bonchev–Trinajstić information content (AvgIpc) is 4.07. The lowest BCUT2D eigenvalue weighted by molar-refractivity contribution is -0.118. The minimum atomic E-state index is -0.848. The van der Waals surface area contributed by atoms with Gasteiger partial charge in [-0.2, -0.15) is 0 Å². The minimum Gasteiger partial charge on any atom is -0.309 e. The SMILES string of the molecule is O=C(Nc1cnc(-c2c(F)cncc2F)c(-c2cccnc2)n1)C1CC1.O=C(Nc1cnc(-c2c(F)cncc2F)c(-c2ccncc2)n1)C1CC1. The second-order valence-electron chi connectivity index (χ2n) is 11.9. The number of rotatable bonds is 8. The highest BCUT2D eigenvalue weighted by molar-refractivity contribution is 5.94. The van der Waals surface area contributed by atoms with Crippen molar-refractivity contribution >= 4 is 23.5 Å². The summed E-state index contributed by atoms with van der Waals surface area (Å²) in [5.41, 5.74) is 0.943. The highest BCUT2D eigenvalue weighted by Gasteiger charge is 2.31. The van der Waals surface area contributed by atoms with Crippen molar-refractivity contribution in [2.45, 2.75) is 25.7 Å². The van der Waals surface area contributed by atoms with E-state index in [9.17, 15) is 27.2 Å². The maximum atomic E-state index is 14.2. The number of pyridine rings is 4. The predicted molar refractivity (Wildman–Crippen MR) is 180 cm³/mol. The number of carbonyl (C=O) groups is 2. The summed E-state index contributed by atoms with van der Waals surface area (Å²) in [6.07, 6.45) is 15.8. The van der Waals surface area contributed by atoms with Crippen LogP contribution in [0.4, 0.5) is 29.2 Å². The van der Waals surface area contributed by atoms with Crippen molar-refractivity contribution in [3.63, 3.8) is 0 Å². The molecule has 2 fully saturated rings. The van der Waals surface area contributed by atoms with Gasteiger partial charge in [-0.25, -0.2) is 37.5 Å². The molecule has 12 nitrogen and oxygen atoms in total. The molecule has 6 aromatic heterocycles. The van der Waals surface area contributed by atoms with E-state index in [1.807, 2.05) is 0 Å². The quantitative estimate of drug-likeness (QED) is 0.168. The predicted octanol–water partition coefficient (Wildman–Crippen LogP) is 6.45. The van der Waals surface area contributed by atoms with Crippen LogP contribution in [0.3, 0.4) is 0 Å². The van der Waals surface area contributed by atoms with Gasteiger partial charge in [-0.05, 0) is 49.9 Å². The van der Waals surface area contributed by atoms with Gasteiger partial charge in [0, 0.05) is 47.8 Å². The van der Waals surface area contributed by atoms with E-state index in [0.29, 0.717) is 11.1 Å². The normalized spacial score (nSPS) is 13.5. The van der Waals surface area contributed by atoms with Gasteiger partial charge in [0.05, 0.1) is 54.0 Å². The molecule has 2 aliphatic carbocycles. The number of hydrogen-bond acceptors (Lipinski definition) is 10. The number of amides is 2. The van der Waals surface area contributed by atoms with Gasteiger partial charge in [0.25, 0.3) is 0 Å². The first-order chi connectivity index (χ1) is 25.3. The van der Waals surface area contributed by atoms with E-state index in [1.54, 1.807) is 30.5 Å². The summed E-state index contributed by atoms with van der Waals surface area (Å²) in [5.74, 6) is -3.21. The van der Waals surface area contributed by atoms with E-state index in [-0.39, 0.29) is 69.2 Å². The molecule has 0 unspecified atom stereocenters. The Morgan fingerprint density at radius 1 is 0.519 bits per heavy atom. The van der Waals surface area contributed by atoms with Crippen LogP contribution in [0.1, 0.15) is 25.7 Å². The molecule has 0 aliphatic heterocycles. The zero-order valence-corrected chi connectivity index (χ0v) is 27.0. The summed E-state index contributed by atoms with van der Waals surface area (Å²) in [6.45, 7) is 0. The summed E-state index contributed by atoms with van der Waals surface area (Å²) in [5, 5.41) is 5.38. The molecule has 2 N–H and O–H groups in total. The average molecular weight is 707 g/mol. The fourth-order valence-electron chi connectivity index (χ4n) is 5.10. The van der Waals surface area contributed by atoms with Gasteiger partial charge in [0.2, 0.25) is 11.8 Å². The van der Waals surface area contributed by atoms with Gasteiger partial charge in [0.15, 0.2) is 34.9 Å². The zero-order chi connectivity index (χ0) is 36.2. The van der Waals surface area contributed by atoms with Crippen LogP contribution >= 0.6 is 0 Å². The van der Waals surface area contributed by atoms with E-state index < -0.39 is 23.3 Å². The van der Waals surface area contributed by atoms with Crippen LogP contribution in [0, 0.1) is 35.1 Å². The van der Waals surface area contributed by atoms with Crippen LogP contribution in [0.5, 0.6) is 0 Å². The molecule has 6 heterocycles. The Morgan fingerprint density at radius 2 is 0.981 bits per heavy atom. The molecule has 0 radical (unpaired) electrons. The third-order valence-corrected chi connectivity index (χ3v) is 8.01. The van der Waals surface area contributed by atoms with Crippen LogP contribution in [0.25, 0.3) is 45.0 Å². The van der Waals surface area contributed by atoms with Crippen LogP contribution in [0.15, 0.2) is 86.2 Å². The van der Waals surface area contributed by atoms with E-state index in [4.69, 9.17) is 0 Å². The third kappa shape index (κ3) is 7.60. The Balaban J connectivity index is 0.000000162. The summed E-state index contributed by atoms with van der Waals surface area (Å²) in [6, 6.07) is 6.67. The monoisotopic (exact) mass is 706 g/mol. The molecule has 52 heavy (non-hydrogen) atoms. The van der Waals surface area contributed by atoms with Crippen molar-refractivity contribution in [3.8, 4) is 45.0 Å². The highest BCUT2D eigenvalue weighted by Crippen LogP contribution is 2.35. The molecule has 2 saturated carbocycles. The molecule has 0 spiro atoms. The molecule has 8 rings (SSSR count). The van der Waals surface area contributed by atoms with Crippen molar-refractivity contribution in [2.24, 2.45) is 11.8 Å². The summed E-state index contributed by atoms with van der Waals surface area (Å²) in [4.78, 5) is 55.9. The Hall–Kier alpha value is -6.58. The maximum absolute atomic E-state index is 14.2. The Bertz CT molecular complexity index is 2070. The Morgan fingerprint density at radius 3 is 1.40 bits per heavy atom. The first kappa shape index (κ1) is 33.9. The lowest BCUT2D eigenvalue weighted by Gasteiger charge is -2.12. The van der Waals surface area contributed by atoms with Gasteiger partial charge in [-0.15, -0.1) is 0 Å². The third-order valence-electron chi connectivity index (χ3n) is 8.01. The fourth-order valence-corrected chi connectivity index (χ4v) is 5.10. The number of carbonyl (C=O) groups excluding carboxylic acids is 2. The summed E-state index contributed by atoms with van der Waals surface area (Å²) >= 11 is 0. The van der Waals surface area contributed by atoms with Crippen molar-refractivity contribution in [2.75, 3.05) is 10.6 Å². The molecule has 16 heteroatoms. The molecule has 0 saturated heterocycles. The molecule has 6 aromatic rings. The summed E-state index contributed by atoms with van der Waals surface area (Å²) < 4.78 is 56.8. The van der Waals surface area contributed by atoms with Crippen molar-refractivity contribution in [1.82, 2.24) is 39.9 Å². The van der Waals surface area contributed by atoms with Crippen LogP contribution in [-0.4, -0.2) is 51.7 Å². The van der Waals surface area contributed by atoms with Crippen molar-refractivity contribution < 1.29 is 27.2 Å². The van der Waals surface area contributed by atoms with E-state index >= 15 is 0 Å². The van der Waals surface area contributed by atoms with Gasteiger partial charge >= 0.3 is 0 Å². The lowest BCUT2D eigenvalue weighted by atomic mass is 10.1. The molecular weight excluding hydrogens is 680 g/mol. The van der Waals surface area contributed by atoms with E-state index in [1.165, 1.54) is 31.0 Å². The number of aromatic nitrogens is 8. The fraction of sp³-hybridized carbons (Fsp3) is 0.167. The molecule has 260 valence electrons. The minimum absolute atomic E-state index is 0.00376. The van der Waals surface area contributed by atoms with E-state index in [0.717, 1.165) is 50.5 Å².